The van der Waals surface area contributed by atoms with Crippen LogP contribution < -0.4 is 4.90 Å². The van der Waals surface area contributed by atoms with E-state index in [1.54, 1.807) is 11.2 Å². The number of nitrogens with zero attached hydrogens (tertiary/aromatic N) is 1. The molecule has 1 N–H and O–H groups in total. The van der Waals surface area contributed by atoms with Crippen LogP contribution in [0.3, 0.4) is 0 Å². The monoisotopic (exact) mass is 303 g/mol. The van der Waals surface area contributed by atoms with Crippen molar-refractivity contribution in [3.63, 3.8) is 0 Å². The lowest BCUT2D eigenvalue weighted by Crippen LogP contribution is -2.51. The van der Waals surface area contributed by atoms with Crippen LogP contribution in [0.25, 0.3) is 0 Å². The molecule has 4 nitrogen and oxygen atoms in total. The van der Waals surface area contributed by atoms with Crippen LogP contribution in [-0.2, 0) is 9.53 Å². The maximum atomic E-state index is 11.9. The summed E-state index contributed by atoms with van der Waals surface area (Å²) in [6.07, 6.45) is 1.72. The molecule has 0 spiro atoms. The topological polar surface area (TPSA) is 49.8 Å². The van der Waals surface area contributed by atoms with Crippen LogP contribution in [0.1, 0.15) is 0 Å². The number of carbonyl (C=O) groups is 1. The summed E-state index contributed by atoms with van der Waals surface area (Å²) >= 11 is 1.13. The number of carboxylic acid groups (broad SMARTS) is 1. The average Bonchev–Trinajstić information content (AvgIpc) is 2.54. The van der Waals surface area contributed by atoms with E-state index < -0.39 is 11.0 Å². The Labute approximate surface area is 128 Å². The van der Waals surface area contributed by atoms with Gasteiger partial charge in [0.25, 0.3) is 5.06 Å². The Balaban J connectivity index is 2.64. The molecular weight excluding hydrogens is 286 g/mol. The van der Waals surface area contributed by atoms with Crippen LogP contribution in [0.5, 0.6) is 0 Å². The molecule has 0 bridgehead atoms. The van der Waals surface area contributed by atoms with Crippen LogP contribution in [0.4, 0.5) is 11.4 Å². The van der Waals surface area contributed by atoms with E-state index in [0.29, 0.717) is 0 Å². The molecule has 1 unspecified atom stereocenters. The zero-order chi connectivity index (χ0) is 15.3. The highest BCUT2D eigenvalue weighted by Crippen LogP contribution is 2.39. The lowest BCUT2D eigenvalue weighted by molar-refractivity contribution is -0.151. The van der Waals surface area contributed by atoms with Gasteiger partial charge in [0, 0.05) is 18.5 Å². The number of benzene rings is 2. The van der Waals surface area contributed by atoms with E-state index in [1.807, 2.05) is 60.7 Å². The van der Waals surface area contributed by atoms with Crippen LogP contribution in [-0.4, -0.2) is 29.5 Å². The smallest absolute Gasteiger partial charge is 0.369 e. The summed E-state index contributed by atoms with van der Waals surface area (Å²) in [6, 6.07) is 18.7. The molecule has 1 atom stereocenters. The maximum Gasteiger partial charge on any atom is 0.369 e. The molecule has 0 aromatic heterocycles. The SMILES string of the molecule is COC(SC)(C(=O)O)N(c1ccccc1)c1ccccc1. The van der Waals surface area contributed by atoms with Crippen LogP contribution in [0.15, 0.2) is 60.7 Å². The predicted octanol–water partition coefficient (Wildman–Crippen LogP) is 3.57. The lowest BCUT2D eigenvalue weighted by Gasteiger charge is -2.39. The number of hydrogen-bond acceptors (Lipinski definition) is 4. The van der Waals surface area contributed by atoms with Crippen molar-refractivity contribution in [2.75, 3.05) is 18.3 Å². The Kier molecular flexibility index (Phi) is 4.88. The van der Waals surface area contributed by atoms with E-state index in [2.05, 4.69) is 0 Å². The molecule has 0 aliphatic heterocycles. The van der Waals surface area contributed by atoms with Crippen molar-refractivity contribution in [1.82, 2.24) is 0 Å². The van der Waals surface area contributed by atoms with Crippen molar-refractivity contribution in [1.29, 1.82) is 0 Å². The van der Waals surface area contributed by atoms with Gasteiger partial charge < -0.3 is 9.84 Å². The summed E-state index contributed by atoms with van der Waals surface area (Å²) in [7, 11) is 1.41. The van der Waals surface area contributed by atoms with Crippen molar-refractivity contribution in [2.24, 2.45) is 0 Å². The number of aliphatic carboxylic acids is 1. The number of carboxylic acids is 1. The number of ether oxygens (including phenoxy) is 1. The summed E-state index contributed by atoms with van der Waals surface area (Å²) < 4.78 is 5.41. The van der Waals surface area contributed by atoms with Crippen molar-refractivity contribution < 1.29 is 14.6 Å². The van der Waals surface area contributed by atoms with E-state index in [4.69, 9.17) is 4.74 Å². The molecule has 0 radical (unpaired) electrons. The molecule has 0 heterocycles. The normalized spacial score (nSPS) is 13.4. The van der Waals surface area contributed by atoms with Crippen molar-refractivity contribution >= 4 is 29.1 Å². The van der Waals surface area contributed by atoms with Gasteiger partial charge in [0.1, 0.15) is 0 Å². The van der Waals surface area contributed by atoms with Gasteiger partial charge in [0.15, 0.2) is 0 Å². The maximum absolute atomic E-state index is 11.9. The fourth-order valence-electron chi connectivity index (χ4n) is 2.18. The van der Waals surface area contributed by atoms with Gasteiger partial charge in [-0.15, -0.1) is 0 Å². The first-order valence-corrected chi connectivity index (χ1v) is 7.62. The number of rotatable bonds is 6. The minimum absolute atomic E-state index is 0.752. The number of thioether (sulfide) groups is 1. The first-order chi connectivity index (χ1) is 10.2. The number of hydrogen-bond donors (Lipinski definition) is 1. The average molecular weight is 303 g/mol. The molecule has 0 amide bonds. The third kappa shape index (κ3) is 2.89. The second-order valence-electron chi connectivity index (χ2n) is 4.30. The summed E-state index contributed by atoms with van der Waals surface area (Å²) in [5.74, 6) is -1.05. The molecular formula is C16H17NO3S. The zero-order valence-corrected chi connectivity index (χ0v) is 12.7. The van der Waals surface area contributed by atoms with Gasteiger partial charge in [-0.2, -0.15) is 0 Å². The standard InChI is InChI=1S/C16H17NO3S/c1-20-16(21-2,15(18)19)17(13-9-5-3-6-10-13)14-11-7-4-8-12-14/h3-12H,1-2H3,(H,18,19). The fourth-order valence-corrected chi connectivity index (χ4v) is 2.91. The minimum atomic E-state index is -1.53. The van der Waals surface area contributed by atoms with Gasteiger partial charge in [-0.1, -0.05) is 48.2 Å². The summed E-state index contributed by atoms with van der Waals surface area (Å²) in [4.78, 5) is 13.6. The first kappa shape index (κ1) is 15.4. The lowest BCUT2D eigenvalue weighted by atomic mass is 10.2. The molecule has 5 heteroatoms. The molecule has 0 saturated carbocycles. The van der Waals surface area contributed by atoms with Crippen LogP contribution in [0.2, 0.25) is 0 Å². The van der Waals surface area contributed by atoms with E-state index in [0.717, 1.165) is 23.1 Å². The fraction of sp³-hybridized carbons (Fsp3) is 0.188. The summed E-state index contributed by atoms with van der Waals surface area (Å²) in [5.41, 5.74) is 1.50. The van der Waals surface area contributed by atoms with Gasteiger partial charge in [0.2, 0.25) is 0 Å². The third-order valence-electron chi connectivity index (χ3n) is 3.15. The van der Waals surface area contributed by atoms with E-state index in [9.17, 15) is 9.90 Å². The molecule has 2 aromatic carbocycles. The molecule has 0 saturated heterocycles. The van der Waals surface area contributed by atoms with E-state index in [-0.39, 0.29) is 0 Å². The van der Waals surface area contributed by atoms with Gasteiger partial charge in [0.05, 0.1) is 0 Å². The van der Waals surface area contributed by atoms with Crippen molar-refractivity contribution in [2.45, 2.75) is 5.06 Å². The Bertz CT molecular complexity index is 545. The van der Waals surface area contributed by atoms with Crippen molar-refractivity contribution in [3.05, 3.63) is 60.7 Å². The van der Waals surface area contributed by atoms with Gasteiger partial charge >= 0.3 is 5.97 Å². The van der Waals surface area contributed by atoms with E-state index >= 15 is 0 Å². The molecule has 2 aromatic rings. The molecule has 21 heavy (non-hydrogen) atoms. The number of methoxy groups -OCH3 is 1. The van der Waals surface area contributed by atoms with Gasteiger partial charge in [-0.25, -0.2) is 4.79 Å². The second kappa shape index (κ2) is 6.65. The number of para-hydroxylation sites is 2. The highest BCUT2D eigenvalue weighted by molar-refractivity contribution is 8.00. The third-order valence-corrected chi connectivity index (χ3v) is 4.22. The Morgan fingerprint density at radius 3 is 1.76 bits per heavy atom. The van der Waals surface area contributed by atoms with Gasteiger partial charge in [-0.3, -0.25) is 4.90 Å². The largest absolute Gasteiger partial charge is 0.477 e. The van der Waals surface area contributed by atoms with Crippen molar-refractivity contribution in [3.8, 4) is 0 Å². The second-order valence-corrected chi connectivity index (χ2v) is 5.26. The van der Waals surface area contributed by atoms with Gasteiger partial charge in [-0.05, 0) is 30.5 Å². The molecule has 2 rings (SSSR count). The number of anilines is 2. The Morgan fingerprint density at radius 1 is 1.05 bits per heavy atom. The Morgan fingerprint density at radius 2 is 1.48 bits per heavy atom. The minimum Gasteiger partial charge on any atom is -0.477 e. The highest BCUT2D eigenvalue weighted by Gasteiger charge is 2.45. The first-order valence-electron chi connectivity index (χ1n) is 6.39. The quantitative estimate of drug-likeness (QED) is 0.827. The zero-order valence-electron chi connectivity index (χ0n) is 11.9. The van der Waals surface area contributed by atoms with E-state index in [1.165, 1.54) is 7.11 Å². The Hall–Kier alpha value is -1.98. The molecule has 110 valence electrons. The predicted molar refractivity (Wildman–Crippen MR) is 85.9 cm³/mol. The molecule has 0 aliphatic rings. The van der Waals surface area contributed by atoms with Crippen LogP contribution >= 0.6 is 11.8 Å². The molecule has 0 aliphatic carbocycles. The van der Waals surface area contributed by atoms with Crippen LogP contribution in [0, 0.1) is 0 Å². The highest BCUT2D eigenvalue weighted by atomic mass is 32.2. The summed E-state index contributed by atoms with van der Waals surface area (Å²) in [5, 5.41) is 8.20. The molecule has 0 fully saturated rings. The summed E-state index contributed by atoms with van der Waals surface area (Å²) in [6.45, 7) is 0.